The standard InChI is InChI=1S/C8H8N2O2.C6H5ClO2S/c9-7(11)5-1-2-6(4-3-5)8(10)12;7-10(8,9)6-4-2-1-3-5-6/h1-4H,(H2,9,11)(H2,10,12);1-5H. The monoisotopic (exact) mass is 340 g/mol. The average Bonchev–Trinajstić information content (AvgIpc) is 2.48. The average molecular weight is 341 g/mol. The maximum absolute atomic E-state index is 10.6. The van der Waals surface area contributed by atoms with Crippen molar-refractivity contribution in [3.63, 3.8) is 0 Å². The van der Waals surface area contributed by atoms with Crippen LogP contribution >= 0.6 is 10.7 Å². The minimum absolute atomic E-state index is 0.136. The van der Waals surface area contributed by atoms with Crippen LogP contribution in [-0.2, 0) is 9.05 Å². The highest BCUT2D eigenvalue weighted by atomic mass is 35.7. The van der Waals surface area contributed by atoms with Crippen molar-refractivity contribution in [2.75, 3.05) is 0 Å². The number of hydrogen-bond acceptors (Lipinski definition) is 4. The summed E-state index contributed by atoms with van der Waals surface area (Å²) in [5.41, 5.74) is 10.7. The van der Waals surface area contributed by atoms with Gasteiger partial charge in [0.15, 0.2) is 0 Å². The van der Waals surface area contributed by atoms with E-state index in [-0.39, 0.29) is 4.90 Å². The van der Waals surface area contributed by atoms with E-state index in [9.17, 15) is 18.0 Å². The third-order valence-electron chi connectivity index (χ3n) is 2.48. The van der Waals surface area contributed by atoms with Crippen molar-refractivity contribution in [1.29, 1.82) is 0 Å². The Hall–Kier alpha value is -2.38. The van der Waals surface area contributed by atoms with Gasteiger partial charge in [-0.3, -0.25) is 9.59 Å². The lowest BCUT2D eigenvalue weighted by Crippen LogP contribution is -2.13. The summed E-state index contributed by atoms with van der Waals surface area (Å²) < 4.78 is 21.2. The molecule has 0 spiro atoms. The van der Waals surface area contributed by atoms with E-state index in [1.165, 1.54) is 36.4 Å². The van der Waals surface area contributed by atoms with Crippen molar-refractivity contribution in [2.24, 2.45) is 11.5 Å². The second-order valence-corrected chi connectivity index (χ2v) is 6.62. The summed E-state index contributed by atoms with van der Waals surface area (Å²) in [5, 5.41) is 0. The van der Waals surface area contributed by atoms with Gasteiger partial charge in [-0.1, -0.05) is 18.2 Å². The maximum Gasteiger partial charge on any atom is 0.261 e. The highest BCUT2D eigenvalue weighted by molar-refractivity contribution is 8.13. The zero-order chi connectivity index (χ0) is 16.8. The third-order valence-corrected chi connectivity index (χ3v) is 3.85. The number of primary amides is 2. The van der Waals surface area contributed by atoms with Gasteiger partial charge in [0.1, 0.15) is 0 Å². The Bertz CT molecular complexity index is 726. The second kappa shape index (κ2) is 7.58. The fourth-order valence-corrected chi connectivity index (χ4v) is 2.17. The summed E-state index contributed by atoms with van der Waals surface area (Å²) >= 11 is 0. The molecule has 2 amide bonds. The van der Waals surface area contributed by atoms with Crippen molar-refractivity contribution >= 4 is 31.5 Å². The summed E-state index contributed by atoms with van der Waals surface area (Å²) in [7, 11) is 1.50. The third kappa shape index (κ3) is 5.55. The Morgan fingerprint density at radius 3 is 1.36 bits per heavy atom. The van der Waals surface area contributed by atoms with Gasteiger partial charge < -0.3 is 11.5 Å². The van der Waals surface area contributed by atoms with E-state index in [4.69, 9.17) is 22.1 Å². The van der Waals surface area contributed by atoms with Gasteiger partial charge in [-0.25, -0.2) is 8.42 Å². The molecule has 0 unspecified atom stereocenters. The first kappa shape index (κ1) is 17.7. The first-order valence-electron chi connectivity index (χ1n) is 5.91. The molecule has 0 atom stereocenters. The van der Waals surface area contributed by atoms with Crippen molar-refractivity contribution in [2.45, 2.75) is 4.90 Å². The fraction of sp³-hybridized carbons (Fsp3) is 0. The number of halogens is 1. The highest BCUT2D eigenvalue weighted by Gasteiger charge is 2.06. The molecule has 2 aromatic carbocycles. The van der Waals surface area contributed by atoms with Crippen LogP contribution in [0.4, 0.5) is 0 Å². The molecule has 0 saturated carbocycles. The van der Waals surface area contributed by atoms with Gasteiger partial charge in [-0.2, -0.15) is 0 Å². The summed E-state index contributed by atoms with van der Waals surface area (Å²) in [6, 6.07) is 13.7. The van der Waals surface area contributed by atoms with E-state index >= 15 is 0 Å². The minimum Gasteiger partial charge on any atom is -0.366 e. The van der Waals surface area contributed by atoms with Gasteiger partial charge >= 0.3 is 0 Å². The molecule has 2 rings (SSSR count). The van der Waals surface area contributed by atoms with Gasteiger partial charge in [-0.05, 0) is 36.4 Å². The lowest BCUT2D eigenvalue weighted by Gasteiger charge is -1.96. The number of rotatable bonds is 3. The molecule has 22 heavy (non-hydrogen) atoms. The smallest absolute Gasteiger partial charge is 0.261 e. The van der Waals surface area contributed by atoms with Crippen molar-refractivity contribution in [3.8, 4) is 0 Å². The van der Waals surface area contributed by atoms with Crippen LogP contribution in [0.25, 0.3) is 0 Å². The molecule has 0 aliphatic rings. The molecule has 116 valence electrons. The molecule has 0 aliphatic carbocycles. The SMILES string of the molecule is NC(=O)c1ccc(C(N)=O)cc1.O=S(=O)(Cl)c1ccccc1. The van der Waals surface area contributed by atoms with Crippen LogP contribution in [-0.4, -0.2) is 20.2 Å². The Kier molecular flexibility index (Phi) is 6.09. The van der Waals surface area contributed by atoms with Crippen LogP contribution < -0.4 is 11.5 Å². The first-order chi connectivity index (χ1) is 10.2. The Balaban J connectivity index is 0.000000224. The molecule has 0 radical (unpaired) electrons. The molecular weight excluding hydrogens is 328 g/mol. The number of carbonyl (C=O) groups excluding carboxylic acids is 2. The Morgan fingerprint density at radius 2 is 1.14 bits per heavy atom. The van der Waals surface area contributed by atoms with Crippen LogP contribution in [0.15, 0.2) is 59.5 Å². The fourth-order valence-electron chi connectivity index (χ4n) is 1.38. The van der Waals surface area contributed by atoms with Gasteiger partial charge in [0.05, 0.1) is 4.90 Å². The van der Waals surface area contributed by atoms with Gasteiger partial charge in [0.2, 0.25) is 11.8 Å². The normalized spacial score (nSPS) is 10.2. The van der Waals surface area contributed by atoms with Crippen LogP contribution in [0.2, 0.25) is 0 Å². The molecule has 0 fully saturated rings. The number of hydrogen-bond donors (Lipinski definition) is 2. The first-order valence-corrected chi connectivity index (χ1v) is 8.22. The lowest BCUT2D eigenvalue weighted by atomic mass is 10.1. The van der Waals surface area contributed by atoms with Gasteiger partial charge in [0.25, 0.3) is 9.05 Å². The number of nitrogens with two attached hydrogens (primary N) is 2. The van der Waals surface area contributed by atoms with E-state index in [2.05, 4.69) is 0 Å². The molecule has 6 nitrogen and oxygen atoms in total. The summed E-state index contributed by atoms with van der Waals surface area (Å²) in [6.07, 6.45) is 0. The minimum atomic E-state index is -3.53. The van der Waals surface area contributed by atoms with E-state index in [0.29, 0.717) is 11.1 Å². The topological polar surface area (TPSA) is 120 Å². The van der Waals surface area contributed by atoms with E-state index < -0.39 is 20.9 Å². The number of amides is 2. The largest absolute Gasteiger partial charge is 0.366 e. The Morgan fingerprint density at radius 1 is 0.773 bits per heavy atom. The molecule has 0 heterocycles. The van der Waals surface area contributed by atoms with Crippen molar-refractivity contribution < 1.29 is 18.0 Å². The van der Waals surface area contributed by atoms with Gasteiger partial charge in [0, 0.05) is 21.8 Å². The van der Waals surface area contributed by atoms with Crippen LogP contribution in [0.5, 0.6) is 0 Å². The van der Waals surface area contributed by atoms with E-state index in [1.807, 2.05) is 0 Å². The molecule has 2 aromatic rings. The van der Waals surface area contributed by atoms with Crippen LogP contribution in [0.3, 0.4) is 0 Å². The zero-order valence-electron chi connectivity index (χ0n) is 11.3. The maximum atomic E-state index is 10.6. The molecule has 0 aliphatic heterocycles. The molecule has 8 heteroatoms. The highest BCUT2D eigenvalue weighted by Crippen LogP contribution is 2.12. The van der Waals surface area contributed by atoms with Crippen LogP contribution in [0, 0.1) is 0 Å². The van der Waals surface area contributed by atoms with Crippen molar-refractivity contribution in [1.82, 2.24) is 0 Å². The van der Waals surface area contributed by atoms with E-state index in [0.717, 1.165) is 0 Å². The molecule has 0 bridgehead atoms. The zero-order valence-corrected chi connectivity index (χ0v) is 12.8. The summed E-state index contributed by atoms with van der Waals surface area (Å²) in [6.45, 7) is 0. The molecular formula is C14H13ClN2O4S. The van der Waals surface area contributed by atoms with Crippen LogP contribution in [0.1, 0.15) is 20.7 Å². The molecule has 0 aromatic heterocycles. The quantitative estimate of drug-likeness (QED) is 0.822. The number of carbonyl (C=O) groups is 2. The summed E-state index contributed by atoms with van der Waals surface area (Å²) in [5.74, 6) is -1.04. The predicted octanol–water partition coefficient (Wildman–Crippen LogP) is 1.50. The van der Waals surface area contributed by atoms with E-state index in [1.54, 1.807) is 18.2 Å². The second-order valence-electron chi connectivity index (χ2n) is 4.06. The Labute approximate surface area is 132 Å². The lowest BCUT2D eigenvalue weighted by molar-refractivity contribution is 0.0988. The number of benzene rings is 2. The van der Waals surface area contributed by atoms with Gasteiger partial charge in [-0.15, -0.1) is 0 Å². The summed E-state index contributed by atoms with van der Waals surface area (Å²) in [4.78, 5) is 21.3. The molecule has 0 saturated heterocycles. The predicted molar refractivity (Wildman–Crippen MR) is 83.0 cm³/mol. The van der Waals surface area contributed by atoms with Crippen molar-refractivity contribution in [3.05, 3.63) is 65.7 Å². The molecule has 4 N–H and O–H groups in total.